The van der Waals surface area contributed by atoms with E-state index < -0.39 is 0 Å². The largest absolute Gasteiger partial charge is 0.353 e. The Labute approximate surface area is 186 Å². The smallest absolute Gasteiger partial charge is 0.230 e. The number of piperidine rings is 1. The van der Waals surface area contributed by atoms with Crippen LogP contribution >= 0.6 is 27.7 Å². The zero-order valence-electron chi connectivity index (χ0n) is 17.0. The van der Waals surface area contributed by atoms with Crippen LogP contribution in [0.2, 0.25) is 0 Å². The number of amides is 1. The van der Waals surface area contributed by atoms with Gasteiger partial charge in [0.1, 0.15) is 5.04 Å². The molecule has 1 saturated carbocycles. The molecule has 7 heteroatoms. The standard InChI is InChI=1S/C22H29BrN4OS/c1-27-13-11-22(12-14-27)25-20(16-7-9-17(23)10-8-16)21(26-22)29-15-19(28)24-18-5-3-2-4-6-18/h7-10,18H,2-6,11-15H2,1H3,(H,24,28). The first-order chi connectivity index (χ1) is 14.0. The highest BCUT2D eigenvalue weighted by Crippen LogP contribution is 2.35. The fourth-order valence-corrected chi connectivity index (χ4v) is 5.42. The molecule has 0 bridgehead atoms. The van der Waals surface area contributed by atoms with Crippen LogP contribution < -0.4 is 5.32 Å². The summed E-state index contributed by atoms with van der Waals surface area (Å²) in [6.45, 7) is 2.00. The number of halogens is 1. The molecule has 1 aliphatic carbocycles. The fraction of sp³-hybridized carbons (Fsp3) is 0.591. The predicted octanol–water partition coefficient (Wildman–Crippen LogP) is 4.25. The van der Waals surface area contributed by atoms with Crippen molar-refractivity contribution < 1.29 is 4.79 Å². The predicted molar refractivity (Wildman–Crippen MR) is 125 cm³/mol. The molecular formula is C22H29BrN4OS. The number of carbonyl (C=O) groups is 1. The number of hydrogen-bond donors (Lipinski definition) is 1. The number of likely N-dealkylation sites (tertiary alicyclic amines) is 1. The van der Waals surface area contributed by atoms with Gasteiger partial charge in [-0.25, -0.2) is 4.99 Å². The van der Waals surface area contributed by atoms with Crippen LogP contribution in [0.1, 0.15) is 50.5 Å². The highest BCUT2D eigenvalue weighted by molar-refractivity contribution is 9.10. The Morgan fingerprint density at radius 2 is 1.86 bits per heavy atom. The number of nitrogens with one attached hydrogen (secondary N) is 1. The molecule has 0 aromatic heterocycles. The summed E-state index contributed by atoms with van der Waals surface area (Å²) < 4.78 is 1.05. The number of aliphatic imine (C=N–C) groups is 2. The minimum atomic E-state index is -0.350. The summed E-state index contributed by atoms with van der Waals surface area (Å²) in [4.78, 5) is 25.0. The van der Waals surface area contributed by atoms with Crippen molar-refractivity contribution in [3.8, 4) is 0 Å². The third-order valence-electron chi connectivity index (χ3n) is 6.05. The van der Waals surface area contributed by atoms with E-state index in [0.717, 1.165) is 59.6 Å². The van der Waals surface area contributed by atoms with Gasteiger partial charge in [0.05, 0.1) is 11.5 Å². The van der Waals surface area contributed by atoms with E-state index in [1.54, 1.807) is 0 Å². The van der Waals surface area contributed by atoms with Crippen LogP contribution in [0, 0.1) is 0 Å². The van der Waals surface area contributed by atoms with E-state index in [9.17, 15) is 4.79 Å². The summed E-state index contributed by atoms with van der Waals surface area (Å²) in [6, 6.07) is 8.58. The molecule has 0 radical (unpaired) electrons. The van der Waals surface area contributed by atoms with Crippen LogP contribution in [0.25, 0.3) is 0 Å². The highest BCUT2D eigenvalue weighted by Gasteiger charge is 2.39. The van der Waals surface area contributed by atoms with Crippen molar-refractivity contribution in [3.05, 3.63) is 34.3 Å². The second kappa shape index (κ2) is 9.31. The number of hydrogen-bond acceptors (Lipinski definition) is 5. The lowest BCUT2D eigenvalue weighted by atomic mass is 9.95. The number of benzene rings is 1. The van der Waals surface area contributed by atoms with Gasteiger partial charge in [0.2, 0.25) is 5.91 Å². The van der Waals surface area contributed by atoms with Crippen LogP contribution in [0.4, 0.5) is 0 Å². The van der Waals surface area contributed by atoms with Crippen molar-refractivity contribution in [3.63, 3.8) is 0 Å². The quantitative estimate of drug-likeness (QED) is 0.706. The van der Waals surface area contributed by atoms with E-state index >= 15 is 0 Å². The zero-order chi connectivity index (χ0) is 20.3. The molecule has 4 rings (SSSR count). The first-order valence-electron chi connectivity index (χ1n) is 10.6. The van der Waals surface area contributed by atoms with Crippen LogP contribution in [0.5, 0.6) is 0 Å². The van der Waals surface area contributed by atoms with E-state index in [0.29, 0.717) is 11.8 Å². The molecule has 5 nitrogen and oxygen atoms in total. The normalized spacial score (nSPS) is 22.4. The Kier molecular flexibility index (Phi) is 6.76. The van der Waals surface area contributed by atoms with E-state index in [4.69, 9.17) is 9.98 Å². The lowest BCUT2D eigenvalue weighted by Crippen LogP contribution is -2.39. The Hall–Kier alpha value is -1.18. The molecule has 1 aromatic carbocycles. The van der Waals surface area contributed by atoms with Crippen molar-refractivity contribution in [2.45, 2.75) is 56.7 Å². The minimum Gasteiger partial charge on any atom is -0.353 e. The maximum absolute atomic E-state index is 12.5. The summed E-state index contributed by atoms with van der Waals surface area (Å²) in [6.07, 6.45) is 7.83. The van der Waals surface area contributed by atoms with Gasteiger partial charge in [0.15, 0.2) is 5.66 Å². The number of thioether (sulfide) groups is 1. The van der Waals surface area contributed by atoms with Crippen molar-refractivity contribution >= 4 is 44.4 Å². The lowest BCUT2D eigenvalue weighted by Gasteiger charge is -2.33. The molecule has 0 unspecified atom stereocenters. The average molecular weight is 477 g/mol. The van der Waals surface area contributed by atoms with Crippen LogP contribution in [-0.4, -0.2) is 59.2 Å². The Morgan fingerprint density at radius 3 is 2.55 bits per heavy atom. The molecule has 1 N–H and O–H groups in total. The van der Waals surface area contributed by atoms with Gasteiger partial charge in [-0.15, -0.1) is 0 Å². The van der Waals surface area contributed by atoms with Crippen LogP contribution in [0.15, 0.2) is 38.7 Å². The van der Waals surface area contributed by atoms with Gasteiger partial charge in [-0.1, -0.05) is 59.1 Å². The molecule has 1 aromatic rings. The molecule has 156 valence electrons. The van der Waals surface area contributed by atoms with E-state index in [1.165, 1.54) is 31.0 Å². The maximum Gasteiger partial charge on any atom is 0.230 e. The molecule has 1 amide bonds. The molecular weight excluding hydrogens is 448 g/mol. The summed E-state index contributed by atoms with van der Waals surface area (Å²) >= 11 is 5.05. The van der Waals surface area contributed by atoms with Gasteiger partial charge in [-0.05, 0) is 32.0 Å². The summed E-state index contributed by atoms with van der Waals surface area (Å²) in [5.41, 5.74) is 1.66. The van der Waals surface area contributed by atoms with Crippen LogP contribution in [0.3, 0.4) is 0 Å². The number of nitrogens with zero attached hydrogens (tertiary/aromatic N) is 3. The number of carbonyl (C=O) groups excluding carboxylic acids is 1. The highest BCUT2D eigenvalue weighted by atomic mass is 79.9. The second-order valence-electron chi connectivity index (χ2n) is 8.36. The van der Waals surface area contributed by atoms with Crippen molar-refractivity contribution in [2.75, 3.05) is 25.9 Å². The SMILES string of the molecule is CN1CCC2(CC1)N=C(SCC(=O)NC1CCCCC1)C(c1ccc(Br)cc1)=N2. The van der Waals surface area contributed by atoms with E-state index in [1.807, 2.05) is 12.1 Å². The van der Waals surface area contributed by atoms with Gasteiger partial charge in [-0.3, -0.25) is 9.79 Å². The second-order valence-corrected chi connectivity index (χ2v) is 10.2. The molecule has 0 atom stereocenters. The molecule has 3 aliphatic rings. The Morgan fingerprint density at radius 1 is 1.17 bits per heavy atom. The van der Waals surface area contributed by atoms with E-state index in [-0.39, 0.29) is 11.6 Å². The minimum absolute atomic E-state index is 0.115. The first-order valence-corrected chi connectivity index (χ1v) is 12.4. The molecule has 2 aliphatic heterocycles. The van der Waals surface area contributed by atoms with Crippen molar-refractivity contribution in [1.29, 1.82) is 0 Å². The molecule has 29 heavy (non-hydrogen) atoms. The monoisotopic (exact) mass is 476 g/mol. The van der Waals surface area contributed by atoms with Gasteiger partial charge >= 0.3 is 0 Å². The van der Waals surface area contributed by atoms with Crippen LogP contribution in [-0.2, 0) is 4.79 Å². The van der Waals surface area contributed by atoms with Gasteiger partial charge in [0.25, 0.3) is 0 Å². The third-order valence-corrected chi connectivity index (χ3v) is 7.54. The van der Waals surface area contributed by atoms with Crippen molar-refractivity contribution in [2.24, 2.45) is 9.98 Å². The van der Waals surface area contributed by atoms with E-state index in [2.05, 4.69) is 45.3 Å². The summed E-state index contributed by atoms with van der Waals surface area (Å²) in [5, 5.41) is 4.13. The molecule has 2 heterocycles. The molecule has 2 fully saturated rings. The summed E-state index contributed by atoms with van der Waals surface area (Å²) in [5.74, 6) is 0.519. The summed E-state index contributed by atoms with van der Waals surface area (Å²) in [7, 11) is 2.15. The average Bonchev–Trinajstić information content (AvgIpc) is 3.09. The topological polar surface area (TPSA) is 57.1 Å². The maximum atomic E-state index is 12.5. The third kappa shape index (κ3) is 5.30. The molecule has 1 spiro atoms. The number of rotatable bonds is 4. The fourth-order valence-electron chi connectivity index (χ4n) is 4.27. The zero-order valence-corrected chi connectivity index (χ0v) is 19.4. The Bertz CT molecular complexity index is 794. The molecule has 1 saturated heterocycles. The van der Waals surface area contributed by atoms with Gasteiger partial charge in [0, 0.05) is 42.0 Å². The van der Waals surface area contributed by atoms with Crippen molar-refractivity contribution in [1.82, 2.24) is 10.2 Å². The Balaban J connectivity index is 1.47. The lowest BCUT2D eigenvalue weighted by molar-refractivity contribution is -0.119. The first kappa shape index (κ1) is 21.1. The van der Waals surface area contributed by atoms with Gasteiger partial charge in [-0.2, -0.15) is 0 Å². The van der Waals surface area contributed by atoms with Gasteiger partial charge < -0.3 is 10.2 Å².